The number of ether oxygens (including phenoxy) is 1. The van der Waals surface area contributed by atoms with Gasteiger partial charge in [-0.15, -0.1) is 0 Å². The van der Waals surface area contributed by atoms with Crippen molar-refractivity contribution in [2.75, 3.05) is 6.61 Å². The Kier molecular flexibility index (Phi) is 6.22. The zero-order valence-corrected chi connectivity index (χ0v) is 18.9. The highest BCUT2D eigenvalue weighted by atomic mass is 16.5. The number of rotatable bonds is 7. The SMILES string of the molecule is O=C(NCc1ocnc1C(=O)N[C@H]1CC[C@@H](C(=O)O)C1)OCC1c2ccccc2-c2ccccc21. The molecule has 2 atom stereocenters. The largest absolute Gasteiger partial charge is 0.481 e. The van der Waals surface area contributed by atoms with E-state index in [9.17, 15) is 14.4 Å². The summed E-state index contributed by atoms with van der Waals surface area (Å²) in [5.41, 5.74) is 4.58. The second kappa shape index (κ2) is 9.61. The van der Waals surface area contributed by atoms with Gasteiger partial charge in [0.15, 0.2) is 17.8 Å². The van der Waals surface area contributed by atoms with Crippen LogP contribution in [0.25, 0.3) is 11.1 Å². The minimum atomic E-state index is -0.851. The maximum absolute atomic E-state index is 12.6. The number of carbonyl (C=O) groups excluding carboxylic acids is 2. The Balaban J connectivity index is 1.16. The fourth-order valence-electron chi connectivity index (χ4n) is 4.97. The summed E-state index contributed by atoms with van der Waals surface area (Å²) in [6.07, 6.45) is 2.00. The van der Waals surface area contributed by atoms with Crippen molar-refractivity contribution in [3.05, 3.63) is 77.5 Å². The predicted octanol–water partition coefficient (Wildman–Crippen LogP) is 3.70. The molecule has 0 saturated heterocycles. The van der Waals surface area contributed by atoms with Crippen LogP contribution in [-0.2, 0) is 16.1 Å². The fourth-order valence-corrected chi connectivity index (χ4v) is 4.97. The third kappa shape index (κ3) is 4.62. The molecule has 1 saturated carbocycles. The van der Waals surface area contributed by atoms with Crippen LogP contribution in [0.1, 0.15) is 52.6 Å². The van der Waals surface area contributed by atoms with Gasteiger partial charge >= 0.3 is 12.1 Å². The lowest BCUT2D eigenvalue weighted by atomic mass is 9.98. The molecule has 2 aliphatic rings. The molecule has 1 aromatic heterocycles. The maximum Gasteiger partial charge on any atom is 0.407 e. The topological polar surface area (TPSA) is 131 Å². The molecule has 9 heteroatoms. The van der Waals surface area contributed by atoms with Crippen molar-refractivity contribution in [1.82, 2.24) is 15.6 Å². The Morgan fingerprint density at radius 1 is 1.03 bits per heavy atom. The van der Waals surface area contributed by atoms with Gasteiger partial charge in [-0.3, -0.25) is 9.59 Å². The monoisotopic (exact) mass is 475 g/mol. The fraction of sp³-hybridized carbons (Fsp3) is 0.308. The van der Waals surface area contributed by atoms with Crippen LogP contribution in [0.5, 0.6) is 0 Å². The summed E-state index contributed by atoms with van der Waals surface area (Å²) in [7, 11) is 0. The van der Waals surface area contributed by atoms with Crippen LogP contribution in [-0.4, -0.2) is 40.7 Å². The van der Waals surface area contributed by atoms with Crippen molar-refractivity contribution in [1.29, 1.82) is 0 Å². The van der Waals surface area contributed by atoms with Crippen LogP contribution in [0, 0.1) is 5.92 Å². The smallest absolute Gasteiger partial charge is 0.407 e. The van der Waals surface area contributed by atoms with Crippen molar-refractivity contribution in [2.24, 2.45) is 5.92 Å². The second-order valence-corrected chi connectivity index (χ2v) is 8.82. The summed E-state index contributed by atoms with van der Waals surface area (Å²) in [4.78, 5) is 40.1. The number of carbonyl (C=O) groups is 3. The van der Waals surface area contributed by atoms with Gasteiger partial charge in [0.2, 0.25) is 0 Å². The third-order valence-electron chi connectivity index (χ3n) is 6.71. The van der Waals surface area contributed by atoms with Gasteiger partial charge in [-0.05, 0) is 41.5 Å². The molecule has 35 heavy (non-hydrogen) atoms. The Bertz CT molecular complexity index is 1220. The molecule has 0 aliphatic heterocycles. The van der Waals surface area contributed by atoms with E-state index in [1.807, 2.05) is 36.4 Å². The van der Waals surface area contributed by atoms with E-state index in [4.69, 9.17) is 14.3 Å². The van der Waals surface area contributed by atoms with Crippen LogP contribution in [0.3, 0.4) is 0 Å². The minimum absolute atomic E-state index is 0.0548. The van der Waals surface area contributed by atoms with Gasteiger partial charge in [0, 0.05) is 12.0 Å². The predicted molar refractivity (Wildman–Crippen MR) is 125 cm³/mol. The van der Waals surface area contributed by atoms with E-state index in [-0.39, 0.29) is 36.6 Å². The zero-order valence-electron chi connectivity index (χ0n) is 18.9. The quantitative estimate of drug-likeness (QED) is 0.475. The zero-order chi connectivity index (χ0) is 24.4. The lowest BCUT2D eigenvalue weighted by molar-refractivity contribution is -0.141. The molecule has 3 aromatic rings. The molecule has 3 N–H and O–H groups in total. The summed E-state index contributed by atoms with van der Waals surface area (Å²) in [5, 5.41) is 14.6. The van der Waals surface area contributed by atoms with Crippen molar-refractivity contribution in [2.45, 2.75) is 37.8 Å². The summed E-state index contributed by atoms with van der Waals surface area (Å²) in [6.45, 7) is 0.109. The van der Waals surface area contributed by atoms with Crippen LogP contribution in [0.4, 0.5) is 4.79 Å². The molecule has 180 valence electrons. The van der Waals surface area contributed by atoms with Gasteiger partial charge in [0.05, 0.1) is 12.5 Å². The van der Waals surface area contributed by atoms with Gasteiger partial charge in [-0.1, -0.05) is 48.5 Å². The lowest BCUT2D eigenvalue weighted by Gasteiger charge is -2.14. The van der Waals surface area contributed by atoms with Crippen LogP contribution in [0.2, 0.25) is 0 Å². The molecule has 0 bridgehead atoms. The average molecular weight is 476 g/mol. The molecular weight excluding hydrogens is 450 g/mol. The third-order valence-corrected chi connectivity index (χ3v) is 6.71. The van der Waals surface area contributed by atoms with Gasteiger partial charge in [-0.2, -0.15) is 0 Å². The standard InChI is InChI=1S/C26H25N3O6/c30-24(29-16-10-9-15(11-16)25(31)32)23-22(35-14-28-23)12-27-26(33)34-13-21-19-7-3-1-5-17(19)18-6-2-4-8-20(18)21/h1-8,14-16,21H,9-13H2,(H,27,33)(H,29,30)(H,31,32)/t15-,16+/m1/s1. The van der Waals surface area contributed by atoms with Crippen molar-refractivity contribution >= 4 is 18.0 Å². The Morgan fingerprint density at radius 3 is 2.37 bits per heavy atom. The minimum Gasteiger partial charge on any atom is -0.481 e. The molecule has 2 aliphatic carbocycles. The molecule has 1 heterocycles. The normalized spacial score (nSPS) is 18.5. The molecule has 0 radical (unpaired) electrons. The van der Waals surface area contributed by atoms with Gasteiger partial charge < -0.3 is 24.9 Å². The summed E-state index contributed by atoms with van der Waals surface area (Å²) in [5.74, 6) is -1.62. The number of amides is 2. The van der Waals surface area contributed by atoms with E-state index >= 15 is 0 Å². The summed E-state index contributed by atoms with van der Waals surface area (Å²) >= 11 is 0. The van der Waals surface area contributed by atoms with Crippen LogP contribution in [0.15, 0.2) is 59.3 Å². The molecular formula is C26H25N3O6. The first-order valence-electron chi connectivity index (χ1n) is 11.6. The number of nitrogens with zero attached hydrogens (tertiary/aromatic N) is 1. The number of hydrogen-bond donors (Lipinski definition) is 3. The first kappa shape index (κ1) is 22.6. The number of aliphatic carboxylic acids is 1. The molecule has 9 nitrogen and oxygen atoms in total. The number of carboxylic acid groups (broad SMARTS) is 1. The van der Waals surface area contributed by atoms with E-state index in [0.29, 0.717) is 19.3 Å². The molecule has 5 rings (SSSR count). The van der Waals surface area contributed by atoms with E-state index in [2.05, 4.69) is 27.8 Å². The lowest BCUT2D eigenvalue weighted by Crippen LogP contribution is -2.34. The van der Waals surface area contributed by atoms with E-state index in [1.165, 1.54) is 0 Å². The van der Waals surface area contributed by atoms with E-state index in [0.717, 1.165) is 28.6 Å². The highest BCUT2D eigenvalue weighted by Crippen LogP contribution is 2.44. The number of carboxylic acids is 1. The Morgan fingerprint density at radius 2 is 1.71 bits per heavy atom. The second-order valence-electron chi connectivity index (χ2n) is 8.82. The van der Waals surface area contributed by atoms with Crippen LogP contribution < -0.4 is 10.6 Å². The van der Waals surface area contributed by atoms with Gasteiger partial charge in [0.1, 0.15) is 6.61 Å². The number of aromatic nitrogens is 1. The van der Waals surface area contributed by atoms with Crippen molar-refractivity contribution < 1.29 is 28.6 Å². The number of benzene rings is 2. The average Bonchev–Trinajstić information content (AvgIpc) is 3.59. The highest BCUT2D eigenvalue weighted by molar-refractivity contribution is 5.93. The van der Waals surface area contributed by atoms with Gasteiger partial charge in [0.25, 0.3) is 5.91 Å². The first-order chi connectivity index (χ1) is 17.0. The van der Waals surface area contributed by atoms with Crippen LogP contribution >= 0.6 is 0 Å². The number of fused-ring (bicyclic) bond motifs is 3. The maximum atomic E-state index is 12.6. The van der Waals surface area contributed by atoms with E-state index in [1.54, 1.807) is 0 Å². The number of alkyl carbamates (subject to hydrolysis) is 1. The summed E-state index contributed by atoms with van der Waals surface area (Å²) in [6, 6.07) is 15.9. The Labute approximate surface area is 201 Å². The van der Waals surface area contributed by atoms with Crippen molar-refractivity contribution in [3.63, 3.8) is 0 Å². The highest BCUT2D eigenvalue weighted by Gasteiger charge is 2.32. The molecule has 0 unspecified atom stereocenters. The van der Waals surface area contributed by atoms with Gasteiger partial charge in [-0.25, -0.2) is 9.78 Å². The summed E-state index contributed by atoms with van der Waals surface area (Å²) < 4.78 is 10.8. The molecule has 0 spiro atoms. The number of hydrogen-bond acceptors (Lipinski definition) is 6. The van der Waals surface area contributed by atoms with E-state index < -0.39 is 23.9 Å². The molecule has 2 aromatic carbocycles. The number of oxazole rings is 1. The first-order valence-corrected chi connectivity index (χ1v) is 11.6. The molecule has 1 fully saturated rings. The number of nitrogens with one attached hydrogen (secondary N) is 2. The molecule has 2 amide bonds. The Hall–Kier alpha value is -4.14. The van der Waals surface area contributed by atoms with Crippen molar-refractivity contribution in [3.8, 4) is 11.1 Å².